The van der Waals surface area contributed by atoms with Gasteiger partial charge in [-0.25, -0.2) is 9.97 Å². The SMILES string of the molecule is C[C@H]1CCN(c2cc3c(cc2Cl)c(=O)ccn3-c2ccc(N3CC(N(C)C)C3)nc2)[C@H]1COc1ncccc1Cl. The highest BCUT2D eigenvalue weighted by molar-refractivity contribution is 6.34. The monoisotopic (exact) mass is 578 g/mol. The van der Waals surface area contributed by atoms with Crippen LogP contribution in [0.2, 0.25) is 10.0 Å². The van der Waals surface area contributed by atoms with Crippen LogP contribution in [-0.4, -0.2) is 71.9 Å². The number of hydrogen-bond donors (Lipinski definition) is 0. The lowest BCUT2D eigenvalue weighted by atomic mass is 10.0. The fourth-order valence-corrected chi connectivity index (χ4v) is 6.03. The second-order valence-corrected chi connectivity index (χ2v) is 11.7. The minimum absolute atomic E-state index is 0.0698. The highest BCUT2D eigenvalue weighted by Crippen LogP contribution is 2.37. The van der Waals surface area contributed by atoms with Gasteiger partial charge in [0.15, 0.2) is 5.43 Å². The molecule has 4 aromatic rings. The maximum atomic E-state index is 12.9. The Morgan fingerprint density at radius 2 is 1.90 bits per heavy atom. The van der Waals surface area contributed by atoms with Gasteiger partial charge in [0.2, 0.25) is 5.88 Å². The highest BCUT2D eigenvalue weighted by atomic mass is 35.5. The predicted molar refractivity (Wildman–Crippen MR) is 162 cm³/mol. The molecule has 208 valence electrons. The van der Waals surface area contributed by atoms with Gasteiger partial charge in [0.05, 0.1) is 34.2 Å². The third kappa shape index (κ3) is 5.00. The number of anilines is 2. The van der Waals surface area contributed by atoms with Crippen molar-refractivity contribution in [2.45, 2.75) is 25.4 Å². The van der Waals surface area contributed by atoms with Crippen LogP contribution in [0.1, 0.15) is 13.3 Å². The van der Waals surface area contributed by atoms with E-state index in [4.69, 9.17) is 32.9 Å². The molecule has 5 heterocycles. The second kappa shape index (κ2) is 10.9. The van der Waals surface area contributed by atoms with Crippen molar-refractivity contribution in [3.63, 3.8) is 0 Å². The topological polar surface area (TPSA) is 66.7 Å². The number of benzene rings is 1. The first-order chi connectivity index (χ1) is 19.3. The summed E-state index contributed by atoms with van der Waals surface area (Å²) in [7, 11) is 4.21. The molecule has 6 rings (SSSR count). The number of nitrogens with zero attached hydrogens (tertiary/aromatic N) is 6. The van der Waals surface area contributed by atoms with Gasteiger partial charge in [0.1, 0.15) is 17.4 Å². The summed E-state index contributed by atoms with van der Waals surface area (Å²) in [5, 5.41) is 1.59. The predicted octanol–water partition coefficient (Wildman–Crippen LogP) is 5.13. The molecule has 2 atom stereocenters. The summed E-state index contributed by atoms with van der Waals surface area (Å²) in [6, 6.07) is 13.6. The Labute approximate surface area is 243 Å². The van der Waals surface area contributed by atoms with Crippen molar-refractivity contribution in [1.82, 2.24) is 19.4 Å². The molecule has 0 saturated carbocycles. The van der Waals surface area contributed by atoms with Gasteiger partial charge in [-0.05, 0) is 62.8 Å². The average Bonchev–Trinajstić information content (AvgIpc) is 3.27. The minimum Gasteiger partial charge on any atom is -0.474 e. The van der Waals surface area contributed by atoms with E-state index >= 15 is 0 Å². The minimum atomic E-state index is -0.0703. The molecular formula is C30H32Cl2N6O2. The highest BCUT2D eigenvalue weighted by Gasteiger charge is 2.34. The molecule has 2 aliphatic heterocycles. The van der Waals surface area contributed by atoms with Crippen molar-refractivity contribution in [3.8, 4) is 11.6 Å². The van der Waals surface area contributed by atoms with Gasteiger partial charge in [-0.1, -0.05) is 30.1 Å². The van der Waals surface area contributed by atoms with E-state index in [-0.39, 0.29) is 11.5 Å². The van der Waals surface area contributed by atoms with Gasteiger partial charge >= 0.3 is 0 Å². The third-order valence-corrected chi connectivity index (χ3v) is 8.79. The molecule has 2 fully saturated rings. The Bertz CT molecular complexity index is 1590. The molecule has 10 heteroatoms. The first-order valence-corrected chi connectivity index (χ1v) is 14.3. The Balaban J connectivity index is 1.31. The molecule has 0 unspecified atom stereocenters. The van der Waals surface area contributed by atoms with Crippen LogP contribution in [0.4, 0.5) is 11.5 Å². The van der Waals surface area contributed by atoms with Crippen LogP contribution in [0.25, 0.3) is 16.6 Å². The molecule has 3 aromatic heterocycles. The first kappa shape index (κ1) is 26.9. The molecule has 0 bridgehead atoms. The van der Waals surface area contributed by atoms with Crippen LogP contribution < -0.4 is 20.0 Å². The number of halogens is 2. The van der Waals surface area contributed by atoms with Gasteiger partial charge in [0.25, 0.3) is 0 Å². The molecule has 8 nitrogen and oxygen atoms in total. The molecule has 40 heavy (non-hydrogen) atoms. The zero-order valence-corrected chi connectivity index (χ0v) is 24.3. The summed E-state index contributed by atoms with van der Waals surface area (Å²) in [6.07, 6.45) is 6.33. The lowest BCUT2D eigenvalue weighted by molar-refractivity contribution is 0.246. The maximum Gasteiger partial charge on any atom is 0.232 e. The fraction of sp³-hybridized carbons (Fsp3) is 0.367. The summed E-state index contributed by atoms with van der Waals surface area (Å²) < 4.78 is 8.05. The molecule has 0 radical (unpaired) electrons. The number of hydrogen-bond acceptors (Lipinski definition) is 7. The third-order valence-electron chi connectivity index (χ3n) is 8.20. The van der Waals surface area contributed by atoms with Crippen molar-refractivity contribution < 1.29 is 4.74 Å². The van der Waals surface area contributed by atoms with Crippen LogP contribution in [0.3, 0.4) is 0 Å². The Morgan fingerprint density at radius 3 is 2.62 bits per heavy atom. The van der Waals surface area contributed by atoms with Crippen molar-refractivity contribution in [2.75, 3.05) is 50.1 Å². The van der Waals surface area contributed by atoms with Gasteiger partial charge in [0, 0.05) is 49.5 Å². The Morgan fingerprint density at radius 1 is 1.07 bits per heavy atom. The lowest BCUT2D eigenvalue weighted by Crippen LogP contribution is -2.57. The molecule has 1 aromatic carbocycles. The van der Waals surface area contributed by atoms with E-state index in [1.807, 2.05) is 22.9 Å². The molecule has 0 spiro atoms. The summed E-state index contributed by atoms with van der Waals surface area (Å²) >= 11 is 13.1. The molecule has 0 aliphatic carbocycles. The van der Waals surface area contributed by atoms with Gasteiger partial charge in [-0.3, -0.25) is 4.79 Å². The van der Waals surface area contributed by atoms with Crippen molar-refractivity contribution in [3.05, 3.63) is 81.3 Å². The van der Waals surface area contributed by atoms with E-state index in [9.17, 15) is 4.79 Å². The average molecular weight is 580 g/mol. The van der Waals surface area contributed by atoms with Gasteiger partial charge < -0.3 is 24.0 Å². The standard InChI is InChI=1S/C30H32Cl2N6O2/c1-19-8-11-38(27(19)18-40-30-23(31)5-4-10-33-30)26-14-25-22(13-24(26)32)28(39)9-12-37(25)20-6-7-29(34-15-20)36-16-21(17-36)35(2)3/h4-7,9-10,12-15,19,21,27H,8,11,16-18H2,1-3H3/t19-,27-/m0/s1. The van der Waals surface area contributed by atoms with Gasteiger partial charge in [-0.2, -0.15) is 0 Å². The zero-order chi connectivity index (χ0) is 28.0. The normalized spacial score (nSPS) is 19.4. The number of rotatable bonds is 7. The zero-order valence-electron chi connectivity index (χ0n) is 22.8. The Kier molecular flexibility index (Phi) is 7.33. The summed E-state index contributed by atoms with van der Waals surface area (Å²) in [5.74, 6) is 1.75. The Hall–Kier alpha value is -3.33. The van der Waals surface area contributed by atoms with Crippen LogP contribution >= 0.6 is 23.2 Å². The first-order valence-electron chi connectivity index (χ1n) is 13.5. The number of aromatic nitrogens is 3. The molecule has 0 N–H and O–H groups in total. The lowest BCUT2D eigenvalue weighted by Gasteiger charge is -2.43. The van der Waals surface area contributed by atoms with Crippen LogP contribution in [0, 0.1) is 5.92 Å². The van der Waals surface area contributed by atoms with Crippen molar-refractivity contribution in [2.24, 2.45) is 5.92 Å². The summed E-state index contributed by atoms with van der Waals surface area (Å²) in [4.78, 5) is 28.7. The van der Waals surface area contributed by atoms with Crippen molar-refractivity contribution >= 4 is 45.6 Å². The summed E-state index contributed by atoms with van der Waals surface area (Å²) in [6.45, 7) is 5.39. The van der Waals surface area contributed by atoms with E-state index < -0.39 is 0 Å². The van der Waals surface area contributed by atoms with E-state index in [0.29, 0.717) is 39.9 Å². The van der Waals surface area contributed by atoms with Crippen LogP contribution in [0.5, 0.6) is 5.88 Å². The number of pyridine rings is 3. The fourth-order valence-electron chi connectivity index (χ4n) is 5.59. The smallest absolute Gasteiger partial charge is 0.232 e. The van der Waals surface area contributed by atoms with E-state index in [0.717, 1.165) is 48.8 Å². The number of ether oxygens (including phenoxy) is 1. The molecule has 0 amide bonds. The van der Waals surface area contributed by atoms with E-state index in [1.165, 1.54) is 0 Å². The largest absolute Gasteiger partial charge is 0.474 e. The molecule has 2 aliphatic rings. The van der Waals surface area contributed by atoms with Crippen LogP contribution in [0.15, 0.2) is 65.8 Å². The quantitative estimate of drug-likeness (QED) is 0.301. The van der Waals surface area contributed by atoms with E-state index in [2.05, 4.69) is 46.8 Å². The number of likely N-dealkylation sites (N-methyl/N-ethyl adjacent to an activating group) is 1. The van der Waals surface area contributed by atoms with Gasteiger partial charge in [-0.15, -0.1) is 0 Å². The number of fused-ring (bicyclic) bond motifs is 1. The molecular weight excluding hydrogens is 547 g/mol. The maximum absolute atomic E-state index is 12.9. The molecule has 2 saturated heterocycles. The second-order valence-electron chi connectivity index (χ2n) is 10.9. The van der Waals surface area contributed by atoms with Crippen LogP contribution in [-0.2, 0) is 0 Å². The van der Waals surface area contributed by atoms with E-state index in [1.54, 1.807) is 36.7 Å². The summed E-state index contributed by atoms with van der Waals surface area (Å²) in [5.41, 5.74) is 2.47. The van der Waals surface area contributed by atoms with Crippen molar-refractivity contribution in [1.29, 1.82) is 0 Å².